The maximum Gasteiger partial charge on any atom is 0.340 e. The van der Waals surface area contributed by atoms with Gasteiger partial charge in [0.25, 0.3) is 0 Å². The van der Waals surface area contributed by atoms with Crippen molar-refractivity contribution in [1.82, 2.24) is 9.97 Å². The average molecular weight is 413 g/mol. The highest BCUT2D eigenvalue weighted by atomic mass is 35.5. The number of halogens is 1. The monoisotopic (exact) mass is 412 g/mol. The van der Waals surface area contributed by atoms with Crippen LogP contribution in [0.15, 0.2) is 24.3 Å². The van der Waals surface area contributed by atoms with Gasteiger partial charge in [-0.15, -0.1) is 0 Å². The van der Waals surface area contributed by atoms with Crippen molar-refractivity contribution >= 4 is 40.0 Å². The molecule has 0 amide bonds. The Morgan fingerprint density at radius 3 is 2.45 bits per heavy atom. The van der Waals surface area contributed by atoms with Gasteiger partial charge in [-0.3, -0.25) is 14.6 Å². The van der Waals surface area contributed by atoms with E-state index in [0.29, 0.717) is 38.4 Å². The zero-order chi connectivity index (χ0) is 21.5. The number of Topliss-reactive ketones (excluding diaryl/α,β-unsaturated/α-hetero) is 2. The zero-order valence-electron chi connectivity index (χ0n) is 16.8. The second-order valence-corrected chi connectivity index (χ2v) is 7.49. The number of aromatic amines is 1. The fraction of sp³-hybridized carbons (Fsp3) is 0.273. The Balaban J connectivity index is 1.86. The van der Waals surface area contributed by atoms with Crippen LogP contribution < -0.4 is 0 Å². The number of hydrogen-bond acceptors (Lipinski definition) is 5. The van der Waals surface area contributed by atoms with E-state index < -0.39 is 17.9 Å². The minimum absolute atomic E-state index is 0.128. The third kappa shape index (κ3) is 3.93. The lowest BCUT2D eigenvalue weighted by Crippen LogP contribution is -2.26. The lowest BCUT2D eigenvalue weighted by molar-refractivity contribution is 0.0316. The fourth-order valence-electron chi connectivity index (χ4n) is 3.46. The predicted molar refractivity (Wildman–Crippen MR) is 111 cm³/mol. The summed E-state index contributed by atoms with van der Waals surface area (Å²) >= 11 is 6.02. The number of esters is 1. The molecule has 1 atom stereocenters. The van der Waals surface area contributed by atoms with Crippen LogP contribution in [-0.4, -0.2) is 33.6 Å². The molecule has 0 aliphatic carbocycles. The molecule has 0 aliphatic rings. The van der Waals surface area contributed by atoms with Crippen molar-refractivity contribution in [3.8, 4) is 0 Å². The first-order valence-electron chi connectivity index (χ1n) is 9.12. The predicted octanol–water partition coefficient (Wildman–Crippen LogP) is 4.77. The number of carbonyl (C=O) groups excluding carboxylic acids is 3. The van der Waals surface area contributed by atoms with Crippen molar-refractivity contribution in [1.29, 1.82) is 0 Å². The number of H-pyrrole nitrogens is 1. The Bertz CT molecular complexity index is 1160. The quantitative estimate of drug-likeness (QED) is 0.481. The van der Waals surface area contributed by atoms with Crippen LogP contribution in [0.4, 0.5) is 0 Å². The summed E-state index contributed by atoms with van der Waals surface area (Å²) < 4.78 is 5.41. The largest absolute Gasteiger partial charge is 0.451 e. The number of aryl methyl sites for hydroxylation is 2. The number of ether oxygens (including phenoxy) is 1. The Morgan fingerprint density at radius 2 is 1.83 bits per heavy atom. The first kappa shape index (κ1) is 20.7. The van der Waals surface area contributed by atoms with E-state index in [1.165, 1.54) is 13.8 Å². The molecule has 1 unspecified atom stereocenters. The molecule has 7 heteroatoms. The molecule has 1 N–H and O–H groups in total. The Kier molecular flexibility index (Phi) is 5.57. The summed E-state index contributed by atoms with van der Waals surface area (Å²) in [5.41, 5.74) is 3.40. The molecule has 0 spiro atoms. The number of aromatic nitrogens is 2. The summed E-state index contributed by atoms with van der Waals surface area (Å²) in [4.78, 5) is 44.6. The van der Waals surface area contributed by atoms with Crippen LogP contribution in [-0.2, 0) is 4.74 Å². The number of hydrogen-bond donors (Lipinski definition) is 1. The highest BCUT2D eigenvalue weighted by Gasteiger charge is 2.27. The number of nitrogens with one attached hydrogen (secondary N) is 1. The molecule has 2 heterocycles. The van der Waals surface area contributed by atoms with Crippen LogP contribution in [0.3, 0.4) is 0 Å². The minimum atomic E-state index is -1.03. The molecule has 1 aromatic carbocycles. The molecule has 0 fully saturated rings. The highest BCUT2D eigenvalue weighted by Crippen LogP contribution is 2.23. The second-order valence-electron chi connectivity index (χ2n) is 7.05. The van der Waals surface area contributed by atoms with Crippen molar-refractivity contribution in [2.45, 2.75) is 40.7 Å². The van der Waals surface area contributed by atoms with Gasteiger partial charge in [0.2, 0.25) is 5.78 Å². The molecule has 0 saturated heterocycles. The van der Waals surface area contributed by atoms with Gasteiger partial charge >= 0.3 is 5.97 Å². The van der Waals surface area contributed by atoms with E-state index >= 15 is 0 Å². The first-order valence-corrected chi connectivity index (χ1v) is 9.50. The third-order valence-electron chi connectivity index (χ3n) is 4.88. The van der Waals surface area contributed by atoms with E-state index in [0.717, 1.165) is 0 Å². The van der Waals surface area contributed by atoms with Crippen molar-refractivity contribution in [3.63, 3.8) is 0 Å². The lowest BCUT2D eigenvalue weighted by Gasteiger charge is -2.14. The van der Waals surface area contributed by atoms with Crippen molar-refractivity contribution in [3.05, 3.63) is 63.1 Å². The van der Waals surface area contributed by atoms with Gasteiger partial charge in [-0.1, -0.05) is 11.6 Å². The highest BCUT2D eigenvalue weighted by molar-refractivity contribution is 6.31. The van der Waals surface area contributed by atoms with E-state index in [1.54, 1.807) is 45.0 Å². The molecule has 29 heavy (non-hydrogen) atoms. The van der Waals surface area contributed by atoms with Crippen LogP contribution in [0.5, 0.6) is 0 Å². The number of nitrogens with zero attached hydrogens (tertiary/aromatic N) is 1. The fourth-order valence-corrected chi connectivity index (χ4v) is 3.64. The third-order valence-corrected chi connectivity index (χ3v) is 5.11. The van der Waals surface area contributed by atoms with Crippen LogP contribution >= 0.6 is 11.6 Å². The van der Waals surface area contributed by atoms with E-state index in [4.69, 9.17) is 16.3 Å². The number of benzene rings is 1. The molecule has 0 aliphatic heterocycles. The number of fused-ring (bicyclic) bond motifs is 1. The van der Waals surface area contributed by atoms with Gasteiger partial charge in [-0.05, 0) is 64.4 Å². The summed E-state index contributed by atoms with van der Waals surface area (Å²) in [7, 11) is 0. The van der Waals surface area contributed by atoms with Crippen LogP contribution in [0.2, 0.25) is 5.02 Å². The van der Waals surface area contributed by atoms with Gasteiger partial charge in [-0.2, -0.15) is 0 Å². The lowest BCUT2D eigenvalue weighted by atomic mass is 10.0. The maximum absolute atomic E-state index is 12.8. The SMILES string of the molecule is CC(=O)c1c(C)[nH]c(C(=O)C(C)OC(=O)c2cc3cc(Cl)ccc3nc2C)c1C. The molecule has 0 bridgehead atoms. The normalized spacial score (nSPS) is 12.1. The van der Waals surface area contributed by atoms with Gasteiger partial charge in [0.1, 0.15) is 0 Å². The van der Waals surface area contributed by atoms with Gasteiger partial charge in [0.15, 0.2) is 11.9 Å². The summed E-state index contributed by atoms with van der Waals surface area (Å²) in [6.07, 6.45) is -1.03. The van der Waals surface area contributed by atoms with E-state index in [-0.39, 0.29) is 17.0 Å². The number of pyridine rings is 1. The molecule has 150 valence electrons. The maximum atomic E-state index is 12.8. The van der Waals surface area contributed by atoms with Crippen LogP contribution in [0.1, 0.15) is 62.0 Å². The summed E-state index contributed by atoms with van der Waals surface area (Å²) in [5, 5.41) is 1.24. The van der Waals surface area contributed by atoms with Gasteiger partial charge < -0.3 is 9.72 Å². The molecular weight excluding hydrogens is 392 g/mol. The van der Waals surface area contributed by atoms with Gasteiger partial charge in [-0.25, -0.2) is 4.79 Å². The van der Waals surface area contributed by atoms with E-state index in [1.807, 2.05) is 0 Å². The van der Waals surface area contributed by atoms with Gasteiger partial charge in [0.05, 0.1) is 22.5 Å². The topological polar surface area (TPSA) is 89.1 Å². The smallest absolute Gasteiger partial charge is 0.340 e. The van der Waals surface area contributed by atoms with Crippen LogP contribution in [0.25, 0.3) is 10.9 Å². The Hall–Kier alpha value is -2.99. The molecule has 3 rings (SSSR count). The molecule has 0 radical (unpaired) electrons. The number of ketones is 2. The van der Waals surface area contributed by atoms with Gasteiger partial charge in [0, 0.05) is 21.7 Å². The van der Waals surface area contributed by atoms with Crippen LogP contribution in [0, 0.1) is 20.8 Å². The Morgan fingerprint density at radius 1 is 1.14 bits per heavy atom. The van der Waals surface area contributed by atoms with Crippen molar-refractivity contribution in [2.24, 2.45) is 0 Å². The number of rotatable bonds is 5. The second kappa shape index (κ2) is 7.79. The zero-order valence-corrected chi connectivity index (χ0v) is 17.6. The molecule has 6 nitrogen and oxygen atoms in total. The molecule has 3 aromatic rings. The summed E-state index contributed by atoms with van der Waals surface area (Å²) in [6, 6.07) is 6.87. The molecule has 0 saturated carbocycles. The average Bonchev–Trinajstić information content (AvgIpc) is 2.94. The van der Waals surface area contributed by atoms with Crippen molar-refractivity contribution in [2.75, 3.05) is 0 Å². The number of carbonyl (C=O) groups is 3. The molecular formula is C22H21ClN2O4. The summed E-state index contributed by atoms with van der Waals surface area (Å²) in [5.74, 6) is -1.18. The van der Waals surface area contributed by atoms with E-state index in [9.17, 15) is 14.4 Å². The first-order chi connectivity index (χ1) is 13.6. The standard InChI is InChI=1S/C22H21ClN2O4/c1-10-19(13(4)26)12(3)25-20(10)21(27)14(5)29-22(28)17-9-15-8-16(23)6-7-18(15)24-11(17)2/h6-9,14,25H,1-5H3. The molecule has 2 aromatic heterocycles. The van der Waals surface area contributed by atoms with E-state index in [2.05, 4.69) is 9.97 Å². The Labute approximate surface area is 173 Å². The van der Waals surface area contributed by atoms with Crippen molar-refractivity contribution < 1.29 is 19.1 Å². The summed E-state index contributed by atoms with van der Waals surface area (Å²) in [6.45, 7) is 8.08. The minimum Gasteiger partial charge on any atom is -0.451 e.